The van der Waals surface area contributed by atoms with Crippen LogP contribution in [0, 0.1) is 0 Å². The number of hydrogen-bond donors (Lipinski definition) is 1. The SMILES string of the molecule is C1=CC2=C(CC1)c1c(n(-c3ccc4c(c3)c3ccccc3n4-c3ccccc3)c3ccccc13)-c1ccccc1N2c1cccc(C2C=Cc3ccc(-c4ccccc4)cc3N2)c1. The molecule has 1 atom stereocenters. The number of rotatable bonds is 5. The zero-order valence-corrected chi connectivity index (χ0v) is 34.6. The van der Waals surface area contributed by atoms with Crippen LogP contribution in [0.1, 0.15) is 35.6 Å². The first-order valence-corrected chi connectivity index (χ1v) is 22.0. The van der Waals surface area contributed by atoms with Crippen molar-refractivity contribution in [1.29, 1.82) is 0 Å². The van der Waals surface area contributed by atoms with Gasteiger partial charge in [0.1, 0.15) is 0 Å². The largest absolute Gasteiger partial charge is 0.374 e. The van der Waals surface area contributed by atoms with E-state index in [-0.39, 0.29) is 6.04 Å². The van der Waals surface area contributed by atoms with Gasteiger partial charge in [0.05, 0.1) is 34.0 Å². The molecule has 4 heterocycles. The Morgan fingerprint density at radius 1 is 0.492 bits per heavy atom. The van der Waals surface area contributed by atoms with Gasteiger partial charge in [0.15, 0.2) is 0 Å². The smallest absolute Gasteiger partial charge is 0.0702 e. The number of nitrogens with zero attached hydrogens (tertiary/aromatic N) is 3. The van der Waals surface area contributed by atoms with Gasteiger partial charge in [-0.2, -0.15) is 0 Å². The first-order valence-electron chi connectivity index (χ1n) is 22.0. The molecule has 13 rings (SSSR count). The van der Waals surface area contributed by atoms with Crippen LogP contribution in [0.3, 0.4) is 0 Å². The van der Waals surface area contributed by atoms with E-state index in [1.165, 1.54) is 88.7 Å². The van der Waals surface area contributed by atoms with E-state index < -0.39 is 0 Å². The summed E-state index contributed by atoms with van der Waals surface area (Å²) in [7, 11) is 0. The Kier molecular flexibility index (Phi) is 8.07. The first-order chi connectivity index (χ1) is 31.3. The third-order valence-electron chi connectivity index (χ3n) is 13.3. The van der Waals surface area contributed by atoms with Crippen LogP contribution in [0.25, 0.3) is 78.1 Å². The second kappa shape index (κ2) is 14.3. The Morgan fingerprint density at radius 3 is 2.10 bits per heavy atom. The van der Waals surface area contributed by atoms with Gasteiger partial charge in [-0.3, -0.25) is 0 Å². The van der Waals surface area contributed by atoms with Crippen LogP contribution in [0.5, 0.6) is 0 Å². The molecule has 4 heteroatoms. The molecule has 0 amide bonds. The van der Waals surface area contributed by atoms with Crippen LogP contribution in [-0.2, 0) is 0 Å². The zero-order chi connectivity index (χ0) is 41.4. The van der Waals surface area contributed by atoms with E-state index in [0.29, 0.717) is 0 Å². The van der Waals surface area contributed by atoms with E-state index in [1.54, 1.807) is 0 Å². The van der Waals surface area contributed by atoms with Gasteiger partial charge in [0.2, 0.25) is 0 Å². The monoisotopic (exact) mass is 806 g/mol. The average molecular weight is 807 g/mol. The summed E-state index contributed by atoms with van der Waals surface area (Å²) in [4.78, 5) is 2.52. The summed E-state index contributed by atoms with van der Waals surface area (Å²) in [5.74, 6) is 0. The molecule has 10 aromatic rings. The predicted molar refractivity (Wildman–Crippen MR) is 264 cm³/mol. The number of para-hydroxylation sites is 4. The number of fused-ring (bicyclic) bond motifs is 10. The maximum Gasteiger partial charge on any atom is 0.0702 e. The maximum absolute atomic E-state index is 3.90. The minimum absolute atomic E-state index is 0.0225. The lowest BCUT2D eigenvalue weighted by Crippen LogP contribution is -2.19. The highest BCUT2D eigenvalue weighted by Crippen LogP contribution is 2.52. The van der Waals surface area contributed by atoms with E-state index in [9.17, 15) is 0 Å². The molecule has 3 aliphatic rings. The highest BCUT2D eigenvalue weighted by molar-refractivity contribution is 6.11. The van der Waals surface area contributed by atoms with Gasteiger partial charge in [-0.25, -0.2) is 0 Å². The maximum atomic E-state index is 3.90. The lowest BCUT2D eigenvalue weighted by atomic mass is 9.92. The van der Waals surface area contributed by atoms with Crippen LogP contribution in [0.2, 0.25) is 0 Å². The van der Waals surface area contributed by atoms with Crippen LogP contribution in [0.4, 0.5) is 17.1 Å². The van der Waals surface area contributed by atoms with Crippen molar-refractivity contribution in [3.8, 4) is 33.8 Å². The summed E-state index contributed by atoms with van der Waals surface area (Å²) >= 11 is 0. The molecule has 0 saturated carbocycles. The van der Waals surface area contributed by atoms with Gasteiger partial charge in [0, 0.05) is 55.7 Å². The van der Waals surface area contributed by atoms with E-state index >= 15 is 0 Å². The van der Waals surface area contributed by atoms with Crippen LogP contribution < -0.4 is 10.2 Å². The Hall–Kier alpha value is -8.08. The van der Waals surface area contributed by atoms with E-state index in [2.05, 4.69) is 238 Å². The van der Waals surface area contributed by atoms with Gasteiger partial charge in [0.25, 0.3) is 0 Å². The van der Waals surface area contributed by atoms with E-state index in [1.807, 2.05) is 0 Å². The van der Waals surface area contributed by atoms with Crippen molar-refractivity contribution < 1.29 is 0 Å². The Balaban J connectivity index is 0.982. The molecule has 1 unspecified atom stereocenters. The number of anilines is 3. The molecule has 1 aliphatic carbocycles. The highest BCUT2D eigenvalue weighted by Gasteiger charge is 2.33. The number of nitrogens with one attached hydrogen (secondary N) is 1. The molecule has 63 heavy (non-hydrogen) atoms. The molecule has 4 nitrogen and oxygen atoms in total. The molecule has 2 aliphatic heterocycles. The molecular formula is C59H42N4. The topological polar surface area (TPSA) is 25.1 Å². The second-order valence-electron chi connectivity index (χ2n) is 16.9. The van der Waals surface area contributed by atoms with Gasteiger partial charge in [-0.1, -0.05) is 146 Å². The average Bonchev–Trinajstić information content (AvgIpc) is 3.83. The molecule has 0 fully saturated rings. The molecule has 0 saturated heterocycles. The minimum atomic E-state index is 0.0225. The van der Waals surface area contributed by atoms with Gasteiger partial charge in [-0.05, 0) is 113 Å². The van der Waals surface area contributed by atoms with Crippen molar-refractivity contribution in [1.82, 2.24) is 9.13 Å². The van der Waals surface area contributed by atoms with Crippen LogP contribution in [-0.4, -0.2) is 9.13 Å². The molecular weight excluding hydrogens is 765 g/mol. The molecule has 0 spiro atoms. The van der Waals surface area contributed by atoms with Crippen molar-refractivity contribution >= 4 is 61.4 Å². The summed E-state index contributed by atoms with van der Waals surface area (Å²) in [6.07, 6.45) is 11.2. The Labute approximate surface area is 366 Å². The van der Waals surface area contributed by atoms with Crippen molar-refractivity contribution in [2.45, 2.75) is 18.9 Å². The summed E-state index contributed by atoms with van der Waals surface area (Å²) in [5, 5.41) is 7.66. The van der Waals surface area contributed by atoms with Crippen LogP contribution in [0.15, 0.2) is 218 Å². The standard InChI is InChI=1S/C59H42N4/c1-3-16-39(17-4-1)41-31-30-40-32-34-51(60-52(40)37-41)42-18-15-21-44(36-42)62-54-27-12-8-23-47(54)58-48-24-9-13-28-55(48)63(59(58)49-25-10-14-29-56(49)62)45-33-35-57-50(38-45)46-22-7-11-26-53(46)61(57)43-19-5-2-6-20-43/h1-7,9-22,24-38,51,60H,8,23H2. The summed E-state index contributed by atoms with van der Waals surface area (Å²) in [5.41, 5.74) is 20.6. The zero-order valence-electron chi connectivity index (χ0n) is 34.6. The normalized spacial score (nSPS) is 15.2. The predicted octanol–water partition coefficient (Wildman–Crippen LogP) is 15.5. The molecule has 298 valence electrons. The van der Waals surface area contributed by atoms with Crippen molar-refractivity contribution in [3.05, 3.63) is 235 Å². The number of aromatic nitrogens is 2. The molecule has 1 N–H and O–H groups in total. The number of allylic oxidation sites excluding steroid dienone is 3. The third kappa shape index (κ3) is 5.61. The van der Waals surface area contributed by atoms with E-state index in [0.717, 1.165) is 35.6 Å². The Bertz CT molecular complexity index is 3550. The number of benzene rings is 8. The summed E-state index contributed by atoms with van der Waals surface area (Å²) in [6, 6.07) is 71.2. The third-order valence-corrected chi connectivity index (χ3v) is 13.3. The van der Waals surface area contributed by atoms with Crippen molar-refractivity contribution in [2.75, 3.05) is 10.2 Å². The fourth-order valence-electron chi connectivity index (χ4n) is 10.5. The van der Waals surface area contributed by atoms with E-state index in [4.69, 9.17) is 0 Å². The van der Waals surface area contributed by atoms with Gasteiger partial charge >= 0.3 is 0 Å². The molecule has 2 aromatic heterocycles. The van der Waals surface area contributed by atoms with Gasteiger partial charge in [-0.15, -0.1) is 0 Å². The summed E-state index contributed by atoms with van der Waals surface area (Å²) < 4.78 is 4.94. The molecule has 8 aromatic carbocycles. The fourth-order valence-corrected chi connectivity index (χ4v) is 10.5. The molecule has 0 radical (unpaired) electrons. The van der Waals surface area contributed by atoms with Crippen LogP contribution >= 0.6 is 0 Å². The minimum Gasteiger partial charge on any atom is -0.374 e. The van der Waals surface area contributed by atoms with Crippen molar-refractivity contribution in [2.24, 2.45) is 0 Å². The Morgan fingerprint density at radius 2 is 1.22 bits per heavy atom. The molecule has 0 bridgehead atoms. The second-order valence-corrected chi connectivity index (χ2v) is 16.9. The lowest BCUT2D eigenvalue weighted by molar-refractivity contribution is 0.975. The fraction of sp³-hybridized carbons (Fsp3) is 0.0508. The first kappa shape index (κ1) is 35.7. The van der Waals surface area contributed by atoms with Crippen molar-refractivity contribution in [3.63, 3.8) is 0 Å². The summed E-state index contributed by atoms with van der Waals surface area (Å²) in [6.45, 7) is 0. The lowest BCUT2D eigenvalue weighted by Gasteiger charge is -2.31. The van der Waals surface area contributed by atoms with Gasteiger partial charge < -0.3 is 19.4 Å². The highest BCUT2D eigenvalue weighted by atomic mass is 15.2. The number of hydrogen-bond acceptors (Lipinski definition) is 2. The quantitative estimate of drug-likeness (QED) is 0.187.